The Balaban J connectivity index is 1.76. The van der Waals surface area contributed by atoms with Crippen LogP contribution in [0.5, 0.6) is 0 Å². The molecule has 17 heavy (non-hydrogen) atoms. The van der Waals surface area contributed by atoms with Gasteiger partial charge in [0.1, 0.15) is 0 Å². The summed E-state index contributed by atoms with van der Waals surface area (Å²) >= 11 is 7.57. The van der Waals surface area contributed by atoms with Crippen LogP contribution in [0.4, 0.5) is 5.69 Å². The standard InChI is InChI=1S/C12H14ClN3S/c13-11-5-9(1-2-12(11)14)6-15-4-3-10-7-17-8-16-10/h1-2,5,7-8,15H,3-4,6,14H2. The minimum absolute atomic E-state index is 0.615. The Bertz CT molecular complexity index is 471. The fourth-order valence-corrected chi connectivity index (χ4v) is 2.29. The van der Waals surface area contributed by atoms with Gasteiger partial charge in [0.15, 0.2) is 0 Å². The van der Waals surface area contributed by atoms with Crippen LogP contribution in [0.15, 0.2) is 29.1 Å². The zero-order valence-electron chi connectivity index (χ0n) is 9.32. The van der Waals surface area contributed by atoms with Gasteiger partial charge in [-0.3, -0.25) is 0 Å². The number of rotatable bonds is 5. The highest BCUT2D eigenvalue weighted by Gasteiger charge is 1.99. The molecule has 2 rings (SSSR count). The van der Waals surface area contributed by atoms with Gasteiger partial charge in [0.2, 0.25) is 0 Å². The van der Waals surface area contributed by atoms with Crippen LogP contribution < -0.4 is 11.1 Å². The molecule has 1 aromatic heterocycles. The van der Waals surface area contributed by atoms with Gasteiger partial charge in [0.25, 0.3) is 0 Å². The molecule has 1 aromatic carbocycles. The minimum Gasteiger partial charge on any atom is -0.398 e. The molecule has 3 N–H and O–H groups in total. The number of nitrogens with two attached hydrogens (primary N) is 1. The summed E-state index contributed by atoms with van der Waals surface area (Å²) in [6.45, 7) is 1.70. The Morgan fingerprint density at radius 3 is 3.00 bits per heavy atom. The van der Waals surface area contributed by atoms with Crippen molar-refractivity contribution in [2.45, 2.75) is 13.0 Å². The van der Waals surface area contributed by atoms with E-state index in [1.54, 1.807) is 11.3 Å². The Morgan fingerprint density at radius 2 is 2.29 bits per heavy atom. The molecule has 0 saturated carbocycles. The van der Waals surface area contributed by atoms with Crippen molar-refractivity contribution >= 4 is 28.6 Å². The third kappa shape index (κ3) is 3.70. The monoisotopic (exact) mass is 267 g/mol. The van der Waals surface area contributed by atoms with Crippen LogP contribution in [-0.2, 0) is 13.0 Å². The van der Waals surface area contributed by atoms with Crippen molar-refractivity contribution in [2.24, 2.45) is 0 Å². The summed E-state index contributed by atoms with van der Waals surface area (Å²) in [5, 5.41) is 6.04. The SMILES string of the molecule is Nc1ccc(CNCCc2cscn2)cc1Cl. The Labute approximate surface area is 110 Å². The maximum Gasteiger partial charge on any atom is 0.0794 e. The first-order valence-corrected chi connectivity index (χ1v) is 6.69. The zero-order chi connectivity index (χ0) is 12.1. The van der Waals surface area contributed by atoms with E-state index >= 15 is 0 Å². The lowest BCUT2D eigenvalue weighted by Gasteiger charge is -2.05. The van der Waals surface area contributed by atoms with E-state index in [1.165, 1.54) is 0 Å². The lowest BCUT2D eigenvalue weighted by Crippen LogP contribution is -2.16. The molecule has 0 aliphatic carbocycles. The molecule has 0 aliphatic heterocycles. The topological polar surface area (TPSA) is 50.9 Å². The van der Waals surface area contributed by atoms with Crippen molar-refractivity contribution in [1.82, 2.24) is 10.3 Å². The molecule has 1 heterocycles. The van der Waals surface area contributed by atoms with E-state index in [9.17, 15) is 0 Å². The van der Waals surface area contributed by atoms with Crippen molar-refractivity contribution in [2.75, 3.05) is 12.3 Å². The predicted octanol–water partition coefficient (Wildman–Crippen LogP) is 2.71. The molecule has 90 valence electrons. The fraction of sp³-hybridized carbons (Fsp3) is 0.250. The van der Waals surface area contributed by atoms with Crippen LogP contribution >= 0.6 is 22.9 Å². The molecule has 0 amide bonds. The van der Waals surface area contributed by atoms with Gasteiger partial charge >= 0.3 is 0 Å². The van der Waals surface area contributed by atoms with Crippen LogP contribution in [-0.4, -0.2) is 11.5 Å². The first-order valence-electron chi connectivity index (χ1n) is 5.37. The smallest absolute Gasteiger partial charge is 0.0794 e. The van der Waals surface area contributed by atoms with Crippen LogP contribution in [0.3, 0.4) is 0 Å². The lowest BCUT2D eigenvalue weighted by atomic mass is 10.2. The highest BCUT2D eigenvalue weighted by atomic mass is 35.5. The van der Waals surface area contributed by atoms with Gasteiger partial charge in [0.05, 0.1) is 21.9 Å². The van der Waals surface area contributed by atoms with E-state index in [0.717, 1.165) is 30.8 Å². The number of halogens is 1. The largest absolute Gasteiger partial charge is 0.398 e. The predicted molar refractivity (Wildman–Crippen MR) is 73.4 cm³/mol. The summed E-state index contributed by atoms with van der Waals surface area (Å²) < 4.78 is 0. The molecular weight excluding hydrogens is 254 g/mol. The molecule has 0 radical (unpaired) electrons. The average molecular weight is 268 g/mol. The van der Waals surface area contributed by atoms with Crippen molar-refractivity contribution < 1.29 is 0 Å². The third-order valence-electron chi connectivity index (χ3n) is 2.44. The third-order valence-corrected chi connectivity index (χ3v) is 3.40. The minimum atomic E-state index is 0.615. The summed E-state index contributed by atoms with van der Waals surface area (Å²) in [5.41, 5.74) is 10.4. The highest BCUT2D eigenvalue weighted by Crippen LogP contribution is 2.19. The van der Waals surface area contributed by atoms with Gasteiger partial charge in [0, 0.05) is 24.9 Å². The molecule has 0 saturated heterocycles. The average Bonchev–Trinajstić information content (AvgIpc) is 2.82. The van der Waals surface area contributed by atoms with Crippen LogP contribution in [0.1, 0.15) is 11.3 Å². The van der Waals surface area contributed by atoms with E-state index in [2.05, 4.69) is 15.7 Å². The Hall–Kier alpha value is -1.10. The number of thiazole rings is 1. The van der Waals surface area contributed by atoms with Gasteiger partial charge in [-0.2, -0.15) is 0 Å². The molecule has 0 spiro atoms. The number of hydrogen-bond acceptors (Lipinski definition) is 4. The van der Waals surface area contributed by atoms with Crippen LogP contribution in [0.2, 0.25) is 5.02 Å². The number of benzene rings is 1. The summed E-state index contributed by atoms with van der Waals surface area (Å²) in [7, 11) is 0. The van der Waals surface area contributed by atoms with Crippen LogP contribution in [0.25, 0.3) is 0 Å². The summed E-state index contributed by atoms with van der Waals surface area (Å²) in [5.74, 6) is 0. The van der Waals surface area contributed by atoms with Crippen molar-refractivity contribution in [3.8, 4) is 0 Å². The molecular formula is C12H14ClN3S. The van der Waals surface area contributed by atoms with Gasteiger partial charge < -0.3 is 11.1 Å². The van der Waals surface area contributed by atoms with Gasteiger partial charge in [-0.05, 0) is 17.7 Å². The van der Waals surface area contributed by atoms with Crippen LogP contribution in [0, 0.1) is 0 Å². The summed E-state index contributed by atoms with van der Waals surface area (Å²) in [4.78, 5) is 4.23. The molecule has 0 atom stereocenters. The number of nitrogen functional groups attached to an aromatic ring is 1. The van der Waals surface area contributed by atoms with Gasteiger partial charge in [-0.1, -0.05) is 17.7 Å². The number of nitrogens with one attached hydrogen (secondary N) is 1. The molecule has 0 unspecified atom stereocenters. The molecule has 0 aliphatic rings. The van der Waals surface area contributed by atoms with Crippen molar-refractivity contribution in [3.05, 3.63) is 45.4 Å². The van der Waals surface area contributed by atoms with E-state index in [4.69, 9.17) is 17.3 Å². The number of aromatic nitrogens is 1. The van der Waals surface area contributed by atoms with E-state index in [1.807, 2.05) is 23.7 Å². The quantitative estimate of drug-likeness (QED) is 0.647. The van der Waals surface area contributed by atoms with Crippen molar-refractivity contribution in [1.29, 1.82) is 0 Å². The maximum absolute atomic E-state index is 5.95. The Morgan fingerprint density at radius 1 is 1.41 bits per heavy atom. The van der Waals surface area contributed by atoms with Gasteiger partial charge in [-0.25, -0.2) is 4.98 Å². The number of hydrogen-bond donors (Lipinski definition) is 2. The second-order valence-electron chi connectivity index (χ2n) is 3.76. The maximum atomic E-state index is 5.95. The first-order chi connectivity index (χ1) is 8.25. The second kappa shape index (κ2) is 6.00. The zero-order valence-corrected chi connectivity index (χ0v) is 10.9. The normalized spacial score (nSPS) is 10.6. The van der Waals surface area contributed by atoms with E-state index in [-0.39, 0.29) is 0 Å². The number of anilines is 1. The van der Waals surface area contributed by atoms with E-state index in [0.29, 0.717) is 10.7 Å². The van der Waals surface area contributed by atoms with Gasteiger partial charge in [-0.15, -0.1) is 11.3 Å². The summed E-state index contributed by atoms with van der Waals surface area (Å²) in [6, 6.07) is 5.71. The Kier molecular flexibility index (Phi) is 4.36. The number of nitrogens with zero attached hydrogens (tertiary/aromatic N) is 1. The molecule has 2 aromatic rings. The van der Waals surface area contributed by atoms with Crippen molar-refractivity contribution in [3.63, 3.8) is 0 Å². The van der Waals surface area contributed by atoms with E-state index < -0.39 is 0 Å². The molecule has 3 nitrogen and oxygen atoms in total. The molecule has 0 fully saturated rings. The summed E-state index contributed by atoms with van der Waals surface area (Å²) in [6.07, 6.45) is 0.951. The highest BCUT2D eigenvalue weighted by molar-refractivity contribution is 7.07. The fourth-order valence-electron chi connectivity index (χ4n) is 1.49. The molecule has 5 heteroatoms. The lowest BCUT2D eigenvalue weighted by molar-refractivity contribution is 0.681. The second-order valence-corrected chi connectivity index (χ2v) is 4.89. The first kappa shape index (κ1) is 12.4. The molecule has 0 bridgehead atoms.